The summed E-state index contributed by atoms with van der Waals surface area (Å²) in [6, 6.07) is 0. The van der Waals surface area contributed by atoms with Crippen LogP contribution in [0.2, 0.25) is 0 Å². The summed E-state index contributed by atoms with van der Waals surface area (Å²) in [5.74, 6) is -1.97. The number of hydrogen-bond acceptors (Lipinski definition) is 24. The van der Waals surface area contributed by atoms with Gasteiger partial charge in [0.05, 0.1) is 96.0 Å². The largest absolute Gasteiger partial charge is 0.394 e. The van der Waals surface area contributed by atoms with Crippen LogP contribution in [0.25, 0.3) is 0 Å². The fourth-order valence-electron chi connectivity index (χ4n) is 6.83. The van der Waals surface area contributed by atoms with Crippen molar-refractivity contribution in [3.63, 3.8) is 0 Å². The first-order chi connectivity index (χ1) is 32.9. The smallest absolute Gasteiger partial charge is 0.253 e. The van der Waals surface area contributed by atoms with Crippen LogP contribution in [0.1, 0.15) is 31.1 Å². The fraction of sp³-hybridized carbons (Fsp3) is 0.769. The van der Waals surface area contributed by atoms with Gasteiger partial charge in [0.2, 0.25) is 0 Å². The lowest BCUT2D eigenvalue weighted by atomic mass is 9.99. The van der Waals surface area contributed by atoms with E-state index in [0.29, 0.717) is 0 Å². The van der Waals surface area contributed by atoms with Gasteiger partial charge in [0, 0.05) is 30.3 Å². The third-order valence-corrected chi connectivity index (χ3v) is 13.9. The second-order valence-electron chi connectivity index (χ2n) is 15.4. The predicted molar refractivity (Wildman–Crippen MR) is 253 cm³/mol. The first-order valence-electron chi connectivity index (χ1n) is 21.5. The molecule has 0 aliphatic carbocycles. The molecule has 3 fully saturated rings. The van der Waals surface area contributed by atoms with Gasteiger partial charge in [0.15, 0.2) is 18.9 Å². The van der Waals surface area contributed by atoms with Gasteiger partial charge >= 0.3 is 0 Å². The van der Waals surface area contributed by atoms with Gasteiger partial charge < -0.3 is 120 Å². The maximum absolute atomic E-state index is 13.8. The topological polar surface area (TPSA) is 413 Å². The molecule has 0 bridgehead atoms. The van der Waals surface area contributed by atoms with Gasteiger partial charge in [0.25, 0.3) is 17.7 Å². The molecule has 30 heteroatoms. The first-order valence-corrected chi connectivity index (χ1v) is 24.7. The number of benzene rings is 1. The summed E-state index contributed by atoms with van der Waals surface area (Å²) >= 11 is 5.50. The average Bonchev–Trinajstić information content (AvgIpc) is 3.32. The summed E-state index contributed by atoms with van der Waals surface area (Å²) < 4.78 is 49.2. The molecule has 0 spiro atoms. The zero-order valence-corrected chi connectivity index (χ0v) is 43.1. The second kappa shape index (κ2) is 30.4. The van der Waals surface area contributed by atoms with Gasteiger partial charge in [-0.25, -0.2) is 0 Å². The van der Waals surface area contributed by atoms with Gasteiger partial charge in [-0.1, -0.05) is 0 Å². The lowest BCUT2D eigenvalue weighted by molar-refractivity contribution is -0.302. The summed E-state index contributed by atoms with van der Waals surface area (Å²) in [6.45, 7) is -2.71. The summed E-state index contributed by atoms with van der Waals surface area (Å²) in [5.41, 5.74) is 0.00292. The highest BCUT2D eigenvalue weighted by Gasteiger charge is 2.46. The minimum atomic E-state index is -1.62. The van der Waals surface area contributed by atoms with Crippen LogP contribution in [0.4, 0.5) is 0 Å². The molecule has 1 aromatic rings. The Morgan fingerprint density at radius 3 is 0.870 bits per heavy atom. The van der Waals surface area contributed by atoms with Crippen molar-refractivity contribution in [3.8, 4) is 0 Å². The number of aliphatic hydroxyl groups excluding tert-OH is 12. The summed E-state index contributed by atoms with van der Waals surface area (Å²) in [4.78, 5) is 41.3. The summed E-state index contributed by atoms with van der Waals surface area (Å²) in [7, 11) is 0. The highest BCUT2D eigenvalue weighted by atomic mass is 127. The van der Waals surface area contributed by atoms with E-state index in [1.165, 1.54) is 0 Å². The second-order valence-corrected chi connectivity index (χ2v) is 18.6. The lowest BCUT2D eigenvalue weighted by Gasteiger charge is -2.39. The van der Waals surface area contributed by atoms with E-state index in [4.69, 9.17) is 42.6 Å². The van der Waals surface area contributed by atoms with Crippen molar-refractivity contribution in [3.05, 3.63) is 27.4 Å². The number of ether oxygens (including phenoxy) is 9. The Morgan fingerprint density at radius 1 is 0.391 bits per heavy atom. The van der Waals surface area contributed by atoms with E-state index < -0.39 is 130 Å². The van der Waals surface area contributed by atoms with E-state index in [-0.39, 0.29) is 106 Å². The zero-order chi connectivity index (χ0) is 50.9. The molecule has 3 heterocycles. The molecule has 4 rings (SSSR count). The number of carbonyl (C=O) groups is 3. The van der Waals surface area contributed by atoms with Gasteiger partial charge in [0.1, 0.15) is 73.2 Å². The number of aliphatic hydroxyl groups is 12. The first kappa shape index (κ1) is 60.5. The molecule has 27 nitrogen and oxygen atoms in total. The molecular weight excluding hydrogens is 1280 g/mol. The predicted octanol–water partition coefficient (Wildman–Crippen LogP) is -6.81. The molecule has 0 aromatic heterocycles. The number of halogens is 3. The molecule has 0 radical (unpaired) electrons. The van der Waals surface area contributed by atoms with E-state index in [1.807, 2.05) is 67.8 Å². The van der Waals surface area contributed by atoms with Crippen molar-refractivity contribution >= 4 is 85.5 Å². The Morgan fingerprint density at radius 2 is 0.638 bits per heavy atom. The van der Waals surface area contributed by atoms with Crippen LogP contribution < -0.4 is 16.0 Å². The molecule has 3 amide bonds. The number of nitrogens with one attached hydrogen (secondary N) is 3. The van der Waals surface area contributed by atoms with Crippen molar-refractivity contribution in [1.29, 1.82) is 0 Å². The van der Waals surface area contributed by atoms with E-state index >= 15 is 0 Å². The quantitative estimate of drug-likeness (QED) is 0.0288. The number of rotatable bonds is 27. The molecule has 3 saturated heterocycles. The van der Waals surface area contributed by atoms with Crippen LogP contribution in [-0.2, 0) is 42.6 Å². The zero-order valence-electron chi connectivity index (χ0n) is 36.7. The lowest BCUT2D eigenvalue weighted by Crippen LogP contribution is -2.59. The van der Waals surface area contributed by atoms with Crippen molar-refractivity contribution < 1.29 is 118 Å². The normalized spacial score (nSPS) is 31.6. The van der Waals surface area contributed by atoms with E-state index in [2.05, 4.69) is 16.0 Å². The Kier molecular flexibility index (Phi) is 26.6. The summed E-state index contributed by atoms with van der Waals surface area (Å²) in [6.07, 6.45) is -21.8. The summed E-state index contributed by atoms with van der Waals surface area (Å²) in [5, 5.41) is 126. The van der Waals surface area contributed by atoms with Gasteiger partial charge in [-0.05, 0) is 67.8 Å². The standard InChI is InChI=1S/C39H60I3N3O24/c40-22-19(34(58)43-1-4-61-7-10-64-37-31(55)28(52)25(49)16(13-46)67-37)23(41)21(36(60)45-3-6-63-9-12-66-39-33(57)30(54)27(51)18(15-48)69-39)24(42)20(22)35(59)44-2-5-62-8-11-65-38-32(56)29(53)26(50)17(14-47)68-38/h16-18,25-33,37-39,46-57H,1-15H2,(H,43,58)(H,44,59)(H,45,60)/t16?,17?,18?,25-,26-,27-,28-,29-,30-,31?,32?,33?,37+,38+,39+/m0/s1. The Hall–Kier alpha value is -1.02. The van der Waals surface area contributed by atoms with Gasteiger partial charge in [-0.15, -0.1) is 0 Å². The van der Waals surface area contributed by atoms with Gasteiger partial charge in [-0.3, -0.25) is 14.4 Å². The van der Waals surface area contributed by atoms with E-state index in [9.17, 15) is 75.7 Å². The van der Waals surface area contributed by atoms with Gasteiger partial charge in [-0.2, -0.15) is 0 Å². The molecule has 0 saturated carbocycles. The van der Waals surface area contributed by atoms with Crippen molar-refractivity contribution in [2.45, 2.75) is 92.1 Å². The van der Waals surface area contributed by atoms with Crippen LogP contribution in [-0.4, -0.2) is 270 Å². The van der Waals surface area contributed by atoms with Crippen LogP contribution >= 0.6 is 67.8 Å². The Bertz CT molecular complexity index is 1560. The van der Waals surface area contributed by atoms with Crippen molar-refractivity contribution in [2.24, 2.45) is 0 Å². The highest BCUT2D eigenvalue weighted by molar-refractivity contribution is 14.1. The Labute approximate surface area is 435 Å². The molecular formula is C39H60I3N3O24. The van der Waals surface area contributed by atoms with Crippen LogP contribution in [0.15, 0.2) is 0 Å². The van der Waals surface area contributed by atoms with Crippen LogP contribution in [0, 0.1) is 10.7 Å². The number of amides is 3. The molecule has 3 aliphatic rings. The maximum Gasteiger partial charge on any atom is 0.253 e. The van der Waals surface area contributed by atoms with Crippen LogP contribution in [0.3, 0.4) is 0 Å². The molecule has 6 unspecified atom stereocenters. The molecule has 3 aliphatic heterocycles. The highest BCUT2D eigenvalue weighted by Crippen LogP contribution is 2.33. The SMILES string of the molecule is O=C(NCCOCCO[C@@H]1OC(CO)[C@H](O)[C@H](O)C1O)c1c(I)c(C(=O)NCCOCCO[C@@H]2OC(CO)[C@H](O)[C@H](O)C2O)c(I)c(C(=O)NCCOCCO[C@@H]2OC(CO)[C@H](O)[C@H](O)C2O)c1I. The van der Waals surface area contributed by atoms with Crippen molar-refractivity contribution in [1.82, 2.24) is 16.0 Å². The van der Waals surface area contributed by atoms with E-state index in [0.717, 1.165) is 0 Å². The molecule has 1 aromatic carbocycles. The monoisotopic (exact) mass is 1340 g/mol. The molecule has 69 heavy (non-hydrogen) atoms. The minimum Gasteiger partial charge on any atom is -0.394 e. The number of hydrogen-bond donors (Lipinski definition) is 15. The minimum absolute atomic E-state index is 0.000973. The van der Waals surface area contributed by atoms with E-state index in [1.54, 1.807) is 0 Å². The Balaban J connectivity index is 1.33. The number of carbonyl (C=O) groups excluding carboxylic acids is 3. The average molecular weight is 1340 g/mol. The molecule has 15 atom stereocenters. The van der Waals surface area contributed by atoms with Crippen molar-refractivity contribution in [2.75, 3.05) is 98.9 Å². The van der Waals surface area contributed by atoms with Crippen LogP contribution in [0.5, 0.6) is 0 Å². The fourth-order valence-corrected chi connectivity index (χ4v) is 11.5. The molecule has 15 N–H and O–H groups in total. The third-order valence-electron chi connectivity index (χ3n) is 10.7. The molecule has 396 valence electrons. The third kappa shape index (κ3) is 16.5. The maximum atomic E-state index is 13.8.